The van der Waals surface area contributed by atoms with Crippen LogP contribution in [0.15, 0.2) is 53.7 Å². The molecule has 0 aliphatic carbocycles. The Morgan fingerprint density at radius 2 is 1.78 bits per heavy atom. The molecular formula is C31H35N5O8S. The SMILES string of the molecule is COC(=O)c1cc(Nc2c(S(=O)(=O)NC3CCOCC3)cnc3cc(-c4cnc(OC)nc4OC)ccc23)cc(OC(C)C)c1. The summed E-state index contributed by atoms with van der Waals surface area (Å²) in [6.45, 7) is 4.66. The van der Waals surface area contributed by atoms with Crippen molar-refractivity contribution in [1.29, 1.82) is 0 Å². The molecule has 0 amide bonds. The number of hydrogen-bond donors (Lipinski definition) is 2. The van der Waals surface area contributed by atoms with Crippen molar-refractivity contribution < 1.29 is 36.9 Å². The first-order valence-corrected chi connectivity index (χ1v) is 15.8. The zero-order valence-corrected chi connectivity index (χ0v) is 26.4. The van der Waals surface area contributed by atoms with Crippen LogP contribution in [0.1, 0.15) is 37.0 Å². The van der Waals surface area contributed by atoms with Crippen LogP contribution >= 0.6 is 0 Å². The predicted octanol–water partition coefficient (Wildman–Crippen LogP) is 4.48. The Morgan fingerprint density at radius 3 is 2.47 bits per heavy atom. The lowest BCUT2D eigenvalue weighted by Gasteiger charge is -2.24. The molecule has 2 N–H and O–H groups in total. The van der Waals surface area contributed by atoms with E-state index in [1.165, 1.54) is 27.5 Å². The Balaban J connectivity index is 1.65. The van der Waals surface area contributed by atoms with Gasteiger partial charge < -0.3 is 29.0 Å². The molecule has 1 aliphatic rings. The largest absolute Gasteiger partial charge is 0.491 e. The first kappa shape index (κ1) is 31.9. The lowest BCUT2D eigenvalue weighted by atomic mass is 10.0. The summed E-state index contributed by atoms with van der Waals surface area (Å²) in [6, 6.07) is 10.0. The summed E-state index contributed by atoms with van der Waals surface area (Å²) in [5.74, 6) is 0.144. The molecule has 13 nitrogen and oxygen atoms in total. The van der Waals surface area contributed by atoms with Gasteiger partial charge in [-0.1, -0.05) is 12.1 Å². The van der Waals surface area contributed by atoms with Crippen molar-refractivity contribution in [2.75, 3.05) is 39.9 Å². The van der Waals surface area contributed by atoms with Crippen LogP contribution in [0, 0.1) is 0 Å². The van der Waals surface area contributed by atoms with E-state index in [1.807, 2.05) is 13.8 Å². The van der Waals surface area contributed by atoms with E-state index in [4.69, 9.17) is 23.7 Å². The number of aromatic nitrogens is 3. The summed E-state index contributed by atoms with van der Waals surface area (Å²) in [7, 11) is 0.194. The van der Waals surface area contributed by atoms with E-state index in [1.54, 1.807) is 42.6 Å². The smallest absolute Gasteiger partial charge is 0.338 e. The number of nitrogens with zero attached hydrogens (tertiary/aromatic N) is 3. The highest BCUT2D eigenvalue weighted by Gasteiger charge is 2.27. The van der Waals surface area contributed by atoms with Crippen LogP contribution in [-0.2, 0) is 19.5 Å². The van der Waals surface area contributed by atoms with Crippen LogP contribution in [0.4, 0.5) is 11.4 Å². The summed E-state index contributed by atoms with van der Waals surface area (Å²) in [5, 5.41) is 3.76. The van der Waals surface area contributed by atoms with Gasteiger partial charge in [-0.15, -0.1) is 0 Å². The highest BCUT2D eigenvalue weighted by atomic mass is 32.2. The Hall–Kier alpha value is -4.53. The number of fused-ring (bicyclic) bond motifs is 1. The molecule has 1 saturated heterocycles. The van der Waals surface area contributed by atoms with Crippen LogP contribution in [0.5, 0.6) is 17.6 Å². The van der Waals surface area contributed by atoms with E-state index < -0.39 is 16.0 Å². The number of sulfonamides is 1. The Morgan fingerprint density at radius 1 is 1.00 bits per heavy atom. The van der Waals surface area contributed by atoms with E-state index in [9.17, 15) is 13.2 Å². The van der Waals surface area contributed by atoms with Crippen molar-refractivity contribution in [3.63, 3.8) is 0 Å². The number of methoxy groups -OCH3 is 3. The van der Waals surface area contributed by atoms with Gasteiger partial charge in [0.25, 0.3) is 0 Å². The molecule has 4 aromatic rings. The van der Waals surface area contributed by atoms with Crippen molar-refractivity contribution in [2.45, 2.75) is 43.7 Å². The summed E-state index contributed by atoms with van der Waals surface area (Å²) < 4.78 is 57.3. The molecule has 0 spiro atoms. The number of anilines is 2. The maximum Gasteiger partial charge on any atom is 0.338 e. The predicted molar refractivity (Wildman–Crippen MR) is 167 cm³/mol. The molecule has 0 unspecified atom stereocenters. The van der Waals surface area contributed by atoms with E-state index in [0.29, 0.717) is 65.4 Å². The molecule has 5 rings (SSSR count). The van der Waals surface area contributed by atoms with E-state index >= 15 is 0 Å². The summed E-state index contributed by atoms with van der Waals surface area (Å²) in [5.41, 5.74) is 2.68. The number of esters is 1. The van der Waals surface area contributed by atoms with Crippen LogP contribution in [0.25, 0.3) is 22.0 Å². The molecule has 0 atom stereocenters. The van der Waals surface area contributed by atoms with Gasteiger partial charge in [-0.05, 0) is 50.5 Å². The molecule has 0 bridgehead atoms. The maximum atomic E-state index is 13.8. The average Bonchev–Trinajstić information content (AvgIpc) is 3.03. The summed E-state index contributed by atoms with van der Waals surface area (Å²) in [4.78, 5) is 25.5. The Labute approximate surface area is 261 Å². The van der Waals surface area contributed by atoms with Gasteiger partial charge in [-0.2, -0.15) is 4.98 Å². The second-order valence-corrected chi connectivity index (χ2v) is 12.2. The number of ether oxygens (including phenoxy) is 5. The number of rotatable bonds is 11. The molecule has 2 aromatic heterocycles. The lowest BCUT2D eigenvalue weighted by molar-refractivity contribution is 0.0600. The van der Waals surface area contributed by atoms with Crippen molar-refractivity contribution in [2.24, 2.45) is 0 Å². The quantitative estimate of drug-likeness (QED) is 0.222. The van der Waals surface area contributed by atoms with Gasteiger partial charge in [0.2, 0.25) is 15.9 Å². The minimum atomic E-state index is -4.05. The number of nitrogens with one attached hydrogen (secondary N) is 2. The highest BCUT2D eigenvalue weighted by Crippen LogP contribution is 2.37. The minimum absolute atomic E-state index is 0.0607. The number of pyridine rings is 1. The Kier molecular flexibility index (Phi) is 9.65. The number of benzene rings is 2. The lowest BCUT2D eigenvalue weighted by Crippen LogP contribution is -2.39. The highest BCUT2D eigenvalue weighted by molar-refractivity contribution is 7.89. The molecule has 3 heterocycles. The summed E-state index contributed by atoms with van der Waals surface area (Å²) in [6.07, 6.45) is 3.82. The van der Waals surface area contributed by atoms with Crippen molar-refractivity contribution >= 4 is 38.3 Å². The molecule has 1 aliphatic heterocycles. The average molecular weight is 638 g/mol. The molecule has 238 valence electrons. The van der Waals surface area contributed by atoms with Gasteiger partial charge >= 0.3 is 12.0 Å². The van der Waals surface area contributed by atoms with Gasteiger partial charge in [0.05, 0.1) is 49.8 Å². The molecule has 2 aromatic carbocycles. The number of hydrogen-bond acceptors (Lipinski definition) is 12. The van der Waals surface area contributed by atoms with Crippen LogP contribution in [-0.4, -0.2) is 76.0 Å². The van der Waals surface area contributed by atoms with Gasteiger partial charge in [-0.25, -0.2) is 22.9 Å². The van der Waals surface area contributed by atoms with Crippen LogP contribution in [0.3, 0.4) is 0 Å². The first-order valence-electron chi connectivity index (χ1n) is 14.3. The van der Waals surface area contributed by atoms with Gasteiger partial charge in [0.1, 0.15) is 10.6 Å². The number of carbonyl (C=O) groups is 1. The third-order valence-corrected chi connectivity index (χ3v) is 8.59. The fourth-order valence-corrected chi connectivity index (χ4v) is 6.39. The van der Waals surface area contributed by atoms with Crippen molar-refractivity contribution in [3.8, 4) is 28.8 Å². The van der Waals surface area contributed by atoms with E-state index in [2.05, 4.69) is 25.0 Å². The maximum absolute atomic E-state index is 13.8. The molecule has 45 heavy (non-hydrogen) atoms. The normalized spacial score (nSPS) is 13.9. The third-order valence-electron chi connectivity index (χ3n) is 7.05. The van der Waals surface area contributed by atoms with Crippen molar-refractivity contribution in [3.05, 3.63) is 54.4 Å². The third kappa shape index (κ3) is 7.24. The monoisotopic (exact) mass is 637 g/mol. The fourth-order valence-electron chi connectivity index (χ4n) is 4.97. The zero-order chi connectivity index (χ0) is 32.1. The van der Waals surface area contributed by atoms with E-state index in [0.717, 1.165) is 0 Å². The number of carbonyl (C=O) groups excluding carboxylic acids is 1. The van der Waals surface area contributed by atoms with Crippen LogP contribution < -0.4 is 24.2 Å². The van der Waals surface area contributed by atoms with Gasteiger partial charge in [0.15, 0.2) is 0 Å². The summed E-state index contributed by atoms with van der Waals surface area (Å²) >= 11 is 0. The topological polar surface area (TPSA) is 160 Å². The zero-order valence-electron chi connectivity index (χ0n) is 25.6. The molecule has 1 fully saturated rings. The molecule has 0 radical (unpaired) electrons. The van der Waals surface area contributed by atoms with Crippen LogP contribution in [0.2, 0.25) is 0 Å². The Bertz CT molecular complexity index is 1810. The first-order chi connectivity index (χ1) is 21.6. The molecular weight excluding hydrogens is 602 g/mol. The van der Waals surface area contributed by atoms with E-state index in [-0.39, 0.29) is 34.3 Å². The molecule has 14 heteroatoms. The van der Waals surface area contributed by atoms with Gasteiger partial charge in [0, 0.05) is 48.8 Å². The fraction of sp³-hybridized carbons (Fsp3) is 0.355. The minimum Gasteiger partial charge on any atom is -0.491 e. The second-order valence-electron chi connectivity index (χ2n) is 10.5. The van der Waals surface area contributed by atoms with Crippen molar-refractivity contribution in [1.82, 2.24) is 19.7 Å². The second kappa shape index (κ2) is 13.6. The standard InChI is InChI=1S/C31H35N5O8S/c1-18(2)44-23-13-20(30(37)41-4)12-22(15-23)34-28-24-7-6-19(25-16-33-31(42-5)35-29(25)40-3)14-26(24)32-17-27(28)45(38,39)36-21-8-10-43-11-9-21/h6-7,12-18,21,36H,8-11H2,1-5H3,(H,32,34). The van der Waals surface area contributed by atoms with Gasteiger partial charge in [-0.3, -0.25) is 4.98 Å². The molecule has 0 saturated carbocycles.